The summed E-state index contributed by atoms with van der Waals surface area (Å²) >= 11 is 0. The van der Waals surface area contributed by atoms with Crippen molar-refractivity contribution < 1.29 is 19.1 Å². The van der Waals surface area contributed by atoms with Crippen LogP contribution in [0.2, 0.25) is 0 Å². The Morgan fingerprint density at radius 3 is 2.67 bits per heavy atom. The molecule has 1 amide bonds. The number of carbonyl (C=O) groups is 2. The first kappa shape index (κ1) is 15.6. The van der Waals surface area contributed by atoms with Crippen molar-refractivity contribution in [2.45, 2.75) is 38.3 Å². The van der Waals surface area contributed by atoms with Gasteiger partial charge in [-0.15, -0.1) is 0 Å². The molecule has 6 heteroatoms. The highest BCUT2D eigenvalue weighted by Gasteiger charge is 2.26. The van der Waals surface area contributed by atoms with Gasteiger partial charge in [-0.25, -0.2) is 0 Å². The van der Waals surface area contributed by atoms with Crippen LogP contribution in [0.5, 0.6) is 0 Å². The van der Waals surface area contributed by atoms with Gasteiger partial charge in [-0.05, 0) is 37.8 Å². The summed E-state index contributed by atoms with van der Waals surface area (Å²) in [4.78, 5) is 24.5. The van der Waals surface area contributed by atoms with Gasteiger partial charge in [-0.2, -0.15) is 0 Å². The Morgan fingerprint density at radius 2 is 2.10 bits per heavy atom. The topological polar surface area (TPSA) is 82.8 Å². The minimum Gasteiger partial charge on any atom is -0.481 e. The molecule has 0 spiro atoms. The largest absolute Gasteiger partial charge is 0.481 e. The van der Waals surface area contributed by atoms with E-state index in [-0.39, 0.29) is 24.4 Å². The van der Waals surface area contributed by atoms with E-state index in [0.29, 0.717) is 19.4 Å². The van der Waals surface area contributed by atoms with Crippen LogP contribution in [0, 0.1) is 5.92 Å². The summed E-state index contributed by atoms with van der Waals surface area (Å²) in [6.07, 6.45) is 4.58. The van der Waals surface area contributed by atoms with E-state index < -0.39 is 5.97 Å². The molecule has 6 nitrogen and oxygen atoms in total. The van der Waals surface area contributed by atoms with Crippen LogP contribution in [0.4, 0.5) is 0 Å². The van der Waals surface area contributed by atoms with Crippen molar-refractivity contribution in [2.75, 3.05) is 13.6 Å². The van der Waals surface area contributed by atoms with Gasteiger partial charge in [0.05, 0.1) is 25.3 Å². The average molecular weight is 294 g/mol. The second kappa shape index (κ2) is 7.26. The van der Waals surface area contributed by atoms with Gasteiger partial charge in [0.15, 0.2) is 0 Å². The van der Waals surface area contributed by atoms with Crippen LogP contribution in [0.3, 0.4) is 0 Å². The molecule has 0 bridgehead atoms. The van der Waals surface area contributed by atoms with Crippen LogP contribution in [0.25, 0.3) is 0 Å². The summed E-state index contributed by atoms with van der Waals surface area (Å²) in [5.74, 6) is -0.164. The Bertz CT molecular complexity index is 464. The predicted molar refractivity (Wildman–Crippen MR) is 76.6 cm³/mol. The van der Waals surface area contributed by atoms with E-state index in [4.69, 9.17) is 9.52 Å². The molecule has 2 N–H and O–H groups in total. The normalized spacial score (nSPS) is 22.0. The van der Waals surface area contributed by atoms with Gasteiger partial charge in [0.25, 0.3) is 0 Å². The smallest absolute Gasteiger partial charge is 0.306 e. The molecule has 0 saturated heterocycles. The van der Waals surface area contributed by atoms with Gasteiger partial charge in [-0.3, -0.25) is 9.59 Å². The third-order valence-corrected chi connectivity index (χ3v) is 4.02. The van der Waals surface area contributed by atoms with Crippen molar-refractivity contribution >= 4 is 11.9 Å². The Balaban J connectivity index is 1.68. The number of nitrogens with zero attached hydrogens (tertiary/aromatic N) is 1. The van der Waals surface area contributed by atoms with Crippen LogP contribution < -0.4 is 5.32 Å². The van der Waals surface area contributed by atoms with Gasteiger partial charge in [0.2, 0.25) is 5.91 Å². The van der Waals surface area contributed by atoms with Crippen molar-refractivity contribution in [1.29, 1.82) is 0 Å². The molecule has 0 radical (unpaired) electrons. The summed E-state index contributed by atoms with van der Waals surface area (Å²) in [5, 5.41) is 12.2. The fraction of sp³-hybridized carbons (Fsp3) is 0.600. The highest BCUT2D eigenvalue weighted by Crippen LogP contribution is 2.24. The monoisotopic (exact) mass is 294 g/mol. The Hall–Kier alpha value is -1.82. The molecule has 0 unspecified atom stereocenters. The quantitative estimate of drug-likeness (QED) is 0.830. The van der Waals surface area contributed by atoms with Crippen molar-refractivity contribution in [1.82, 2.24) is 10.2 Å². The number of likely N-dealkylation sites (N-methyl/N-ethyl adjacent to an activating group) is 1. The molecule has 0 aliphatic heterocycles. The van der Waals surface area contributed by atoms with Gasteiger partial charge in [-0.1, -0.05) is 0 Å². The Labute approximate surface area is 124 Å². The molecule has 0 atom stereocenters. The number of rotatable bonds is 6. The molecule has 1 aliphatic rings. The first-order valence-corrected chi connectivity index (χ1v) is 7.29. The maximum absolute atomic E-state index is 12.0. The second-order valence-corrected chi connectivity index (χ2v) is 5.60. The minimum absolute atomic E-state index is 0.00626. The summed E-state index contributed by atoms with van der Waals surface area (Å²) < 4.78 is 5.21. The fourth-order valence-electron chi connectivity index (χ4n) is 2.64. The van der Waals surface area contributed by atoms with E-state index in [9.17, 15) is 9.59 Å². The zero-order chi connectivity index (χ0) is 15.2. The van der Waals surface area contributed by atoms with Crippen LogP contribution in [0.1, 0.15) is 31.4 Å². The molecule has 0 aromatic carbocycles. The lowest BCUT2D eigenvalue weighted by atomic mass is 9.86. The zero-order valence-corrected chi connectivity index (χ0v) is 12.2. The lowest BCUT2D eigenvalue weighted by molar-refractivity contribution is -0.143. The van der Waals surface area contributed by atoms with Crippen LogP contribution in [0.15, 0.2) is 22.8 Å². The zero-order valence-electron chi connectivity index (χ0n) is 12.2. The number of carboxylic acid groups (broad SMARTS) is 1. The van der Waals surface area contributed by atoms with E-state index >= 15 is 0 Å². The number of amides is 1. The van der Waals surface area contributed by atoms with Crippen molar-refractivity contribution in [3.05, 3.63) is 24.2 Å². The molecular weight excluding hydrogens is 272 g/mol. The maximum Gasteiger partial charge on any atom is 0.306 e. The van der Waals surface area contributed by atoms with E-state index in [1.807, 2.05) is 6.07 Å². The predicted octanol–water partition coefficient (Wildman–Crippen LogP) is 1.47. The van der Waals surface area contributed by atoms with Gasteiger partial charge < -0.3 is 19.7 Å². The van der Waals surface area contributed by atoms with E-state index in [1.54, 1.807) is 24.3 Å². The molecule has 1 fully saturated rings. The summed E-state index contributed by atoms with van der Waals surface area (Å²) in [6, 6.07) is 3.87. The highest BCUT2D eigenvalue weighted by molar-refractivity contribution is 5.77. The Morgan fingerprint density at radius 1 is 1.38 bits per heavy atom. The van der Waals surface area contributed by atoms with Crippen LogP contribution in [-0.2, 0) is 16.1 Å². The number of nitrogens with one attached hydrogen (secondary N) is 1. The molecular formula is C15H22N2O4. The van der Waals surface area contributed by atoms with Crippen LogP contribution in [-0.4, -0.2) is 41.5 Å². The molecule has 1 heterocycles. The minimum atomic E-state index is -0.706. The summed E-state index contributed by atoms with van der Waals surface area (Å²) in [7, 11) is 1.74. The number of hydrogen-bond acceptors (Lipinski definition) is 4. The Kier molecular flexibility index (Phi) is 5.38. The van der Waals surface area contributed by atoms with E-state index in [2.05, 4.69) is 5.32 Å². The summed E-state index contributed by atoms with van der Waals surface area (Å²) in [6.45, 7) is 0.735. The second-order valence-electron chi connectivity index (χ2n) is 5.60. The third kappa shape index (κ3) is 4.60. The molecule has 1 aromatic rings. The third-order valence-electron chi connectivity index (χ3n) is 4.02. The number of carbonyl (C=O) groups excluding carboxylic acids is 1. The summed E-state index contributed by atoms with van der Waals surface area (Å²) in [5.41, 5.74) is 0. The number of hydrogen-bond donors (Lipinski definition) is 2. The van der Waals surface area contributed by atoms with E-state index in [1.165, 1.54) is 0 Å². The molecule has 116 valence electrons. The lowest BCUT2D eigenvalue weighted by Crippen LogP contribution is -2.41. The van der Waals surface area contributed by atoms with Crippen LogP contribution >= 0.6 is 0 Å². The molecule has 1 saturated carbocycles. The van der Waals surface area contributed by atoms with Crippen molar-refractivity contribution in [3.63, 3.8) is 0 Å². The first-order valence-electron chi connectivity index (χ1n) is 7.29. The molecule has 21 heavy (non-hydrogen) atoms. The molecule has 1 aliphatic carbocycles. The standard InChI is InChI=1S/C15H22N2O4/c1-17(10-13-3-2-8-21-13)14(18)9-16-12-6-4-11(5-7-12)15(19)20/h2-3,8,11-12,16H,4-7,9-10H2,1H3,(H,19,20). The number of carboxylic acids is 1. The van der Waals surface area contributed by atoms with E-state index in [0.717, 1.165) is 18.6 Å². The fourth-order valence-corrected chi connectivity index (χ4v) is 2.64. The number of aliphatic carboxylic acids is 1. The van der Waals surface area contributed by atoms with Gasteiger partial charge >= 0.3 is 5.97 Å². The number of furan rings is 1. The average Bonchev–Trinajstić information content (AvgIpc) is 2.98. The van der Waals surface area contributed by atoms with Gasteiger partial charge in [0, 0.05) is 13.1 Å². The van der Waals surface area contributed by atoms with Gasteiger partial charge in [0.1, 0.15) is 5.76 Å². The lowest BCUT2D eigenvalue weighted by Gasteiger charge is -2.27. The first-order chi connectivity index (χ1) is 10.1. The van der Waals surface area contributed by atoms with Crippen molar-refractivity contribution in [2.24, 2.45) is 5.92 Å². The molecule has 1 aromatic heterocycles. The molecule has 2 rings (SSSR count). The SMILES string of the molecule is CN(Cc1ccco1)C(=O)CNC1CCC(C(=O)O)CC1. The highest BCUT2D eigenvalue weighted by atomic mass is 16.4. The van der Waals surface area contributed by atoms with Crippen molar-refractivity contribution in [3.8, 4) is 0 Å². The maximum atomic E-state index is 12.0.